The largest absolute Gasteiger partial charge is 0.475 e. The Hall–Kier alpha value is -3.85. The Balaban J connectivity index is 1.54. The fourth-order valence-electron chi connectivity index (χ4n) is 6.56. The molecule has 0 N–H and O–H groups in total. The second-order valence-electron chi connectivity index (χ2n) is 11.6. The number of carbonyl (C=O) groups is 1. The number of benzene rings is 1. The fourth-order valence-corrected chi connectivity index (χ4v) is 6.56. The molecule has 0 aliphatic carbocycles. The summed E-state index contributed by atoms with van der Waals surface area (Å²) in [7, 11) is 2.02. The van der Waals surface area contributed by atoms with E-state index in [2.05, 4.69) is 17.5 Å². The summed E-state index contributed by atoms with van der Waals surface area (Å²) in [6, 6.07) is 6.63. The number of ether oxygens (including phenoxy) is 1. The quantitative estimate of drug-likeness (QED) is 0.347. The number of halogens is 4. The number of piperazine rings is 1. The normalized spacial score (nSPS) is 21.0. The number of aryl methyl sites for hydroxylation is 1. The molecule has 0 bridgehead atoms. The lowest BCUT2D eigenvalue weighted by atomic mass is 9.96. The summed E-state index contributed by atoms with van der Waals surface area (Å²) >= 11 is 0. The lowest BCUT2D eigenvalue weighted by Crippen LogP contribution is -2.54. The number of hydrogen-bond acceptors (Lipinski definition) is 7. The Morgan fingerprint density at radius 1 is 1.21 bits per heavy atom. The van der Waals surface area contributed by atoms with E-state index in [1.165, 1.54) is 24.0 Å². The molecular weight excluding hydrogens is 564 g/mol. The third-order valence-electron chi connectivity index (χ3n) is 8.80. The maximum atomic E-state index is 14.1. The molecule has 230 valence electrons. The molecule has 43 heavy (non-hydrogen) atoms. The highest BCUT2D eigenvalue weighted by molar-refractivity contribution is 5.91. The van der Waals surface area contributed by atoms with Crippen LogP contribution in [0.5, 0.6) is 5.88 Å². The van der Waals surface area contributed by atoms with Gasteiger partial charge in [0.15, 0.2) is 5.83 Å². The molecule has 2 saturated heterocycles. The Kier molecular flexibility index (Phi) is 8.56. The van der Waals surface area contributed by atoms with Crippen LogP contribution >= 0.6 is 0 Å². The number of aromatic nitrogens is 1. The van der Waals surface area contributed by atoms with E-state index >= 15 is 0 Å². The summed E-state index contributed by atoms with van der Waals surface area (Å²) in [5, 5.41) is 10.4. The van der Waals surface area contributed by atoms with Gasteiger partial charge in [0.25, 0.3) is 5.91 Å². The second kappa shape index (κ2) is 12.0. The van der Waals surface area contributed by atoms with Crippen molar-refractivity contribution in [3.8, 4) is 11.9 Å². The number of carbonyl (C=O) groups excluding carboxylic acids is 1. The Labute approximate surface area is 249 Å². The van der Waals surface area contributed by atoms with Crippen LogP contribution in [0.2, 0.25) is 0 Å². The minimum absolute atomic E-state index is 0.0908. The van der Waals surface area contributed by atoms with Gasteiger partial charge in [-0.3, -0.25) is 4.79 Å². The number of anilines is 2. The van der Waals surface area contributed by atoms with Gasteiger partial charge < -0.3 is 24.3 Å². The van der Waals surface area contributed by atoms with Crippen molar-refractivity contribution in [1.82, 2.24) is 14.8 Å². The molecule has 4 heterocycles. The lowest BCUT2D eigenvalue weighted by Gasteiger charge is -2.42. The van der Waals surface area contributed by atoms with E-state index in [0.717, 1.165) is 24.9 Å². The molecule has 2 atom stereocenters. The summed E-state index contributed by atoms with van der Waals surface area (Å²) in [4.78, 5) is 24.4. The summed E-state index contributed by atoms with van der Waals surface area (Å²) in [6.45, 7) is 8.95. The van der Waals surface area contributed by atoms with Crippen molar-refractivity contribution >= 4 is 17.3 Å². The minimum atomic E-state index is -4.52. The number of fused-ring (bicyclic) bond motifs is 1. The van der Waals surface area contributed by atoms with E-state index in [-0.39, 0.29) is 47.9 Å². The zero-order chi connectivity index (χ0) is 31.1. The Bertz CT molecular complexity index is 1460. The number of nitrogens with zero attached hydrogens (tertiary/aromatic N) is 6. The number of alkyl halides is 3. The van der Waals surface area contributed by atoms with Crippen molar-refractivity contribution in [2.45, 2.75) is 57.9 Å². The maximum Gasteiger partial charge on any atom is 0.418 e. The molecule has 1 aromatic heterocycles. The molecule has 1 amide bonds. The van der Waals surface area contributed by atoms with E-state index in [9.17, 15) is 27.6 Å². The van der Waals surface area contributed by atoms with E-state index in [4.69, 9.17) is 9.72 Å². The molecule has 0 radical (unpaired) electrons. The molecular formula is C31H36F4N6O2. The third-order valence-corrected chi connectivity index (χ3v) is 8.80. The Morgan fingerprint density at radius 2 is 1.98 bits per heavy atom. The van der Waals surface area contributed by atoms with E-state index in [0.29, 0.717) is 44.0 Å². The van der Waals surface area contributed by atoms with E-state index in [1.54, 1.807) is 17.9 Å². The summed E-state index contributed by atoms with van der Waals surface area (Å²) in [5.74, 6) is -1.63. The van der Waals surface area contributed by atoms with Crippen LogP contribution in [0.15, 0.2) is 30.6 Å². The third kappa shape index (κ3) is 6.00. The van der Waals surface area contributed by atoms with Crippen molar-refractivity contribution in [2.75, 3.05) is 56.2 Å². The van der Waals surface area contributed by atoms with Gasteiger partial charge in [-0.15, -0.1) is 0 Å². The number of likely N-dealkylation sites (N-methyl/N-ethyl adjacent to an activating group) is 1. The predicted octanol–water partition coefficient (Wildman–Crippen LogP) is 4.84. The average molecular weight is 601 g/mol. The van der Waals surface area contributed by atoms with Gasteiger partial charge >= 0.3 is 6.18 Å². The molecule has 3 aliphatic heterocycles. The van der Waals surface area contributed by atoms with Crippen molar-refractivity contribution in [3.05, 3.63) is 58.6 Å². The number of likely N-dealkylation sites (tertiary alicyclic amines) is 1. The van der Waals surface area contributed by atoms with Gasteiger partial charge in [0, 0.05) is 49.5 Å². The zero-order valence-corrected chi connectivity index (χ0v) is 24.7. The molecule has 5 rings (SSSR count). The van der Waals surface area contributed by atoms with Crippen LogP contribution in [-0.2, 0) is 23.9 Å². The van der Waals surface area contributed by atoms with Crippen molar-refractivity contribution in [1.29, 1.82) is 5.26 Å². The number of amides is 1. The molecule has 2 unspecified atom stereocenters. The monoisotopic (exact) mass is 600 g/mol. The maximum absolute atomic E-state index is 14.1. The number of pyridine rings is 1. The predicted molar refractivity (Wildman–Crippen MR) is 155 cm³/mol. The van der Waals surface area contributed by atoms with Crippen molar-refractivity contribution < 1.29 is 27.1 Å². The van der Waals surface area contributed by atoms with Crippen LogP contribution in [-0.4, -0.2) is 79.2 Å². The average Bonchev–Trinajstić information content (AvgIpc) is 3.37. The van der Waals surface area contributed by atoms with E-state index < -0.39 is 23.5 Å². The first-order valence-corrected chi connectivity index (χ1v) is 14.5. The van der Waals surface area contributed by atoms with Crippen LogP contribution in [0.3, 0.4) is 0 Å². The SMILES string of the molecule is C=C(F)C(=O)N1CCN(c2c(C#N)c(OCC3CCCN3C)nc3c2CCN(c2cccc(C)c2C(F)(F)F)C3)CC1C. The Morgan fingerprint density at radius 3 is 2.60 bits per heavy atom. The number of hydrogen-bond donors (Lipinski definition) is 0. The topological polar surface area (TPSA) is 75.9 Å². The molecule has 12 heteroatoms. The first-order chi connectivity index (χ1) is 20.4. The van der Waals surface area contributed by atoms with Crippen molar-refractivity contribution in [2.24, 2.45) is 0 Å². The summed E-state index contributed by atoms with van der Waals surface area (Å²) < 4.78 is 62.2. The molecule has 1 aromatic carbocycles. The van der Waals surface area contributed by atoms with Gasteiger partial charge in [0.1, 0.15) is 18.2 Å². The van der Waals surface area contributed by atoms with Gasteiger partial charge in [0.2, 0.25) is 5.88 Å². The highest BCUT2D eigenvalue weighted by atomic mass is 19.4. The first-order valence-electron chi connectivity index (χ1n) is 14.5. The van der Waals surface area contributed by atoms with Crippen LogP contribution in [0.25, 0.3) is 0 Å². The van der Waals surface area contributed by atoms with Gasteiger partial charge in [-0.1, -0.05) is 18.7 Å². The summed E-state index contributed by atoms with van der Waals surface area (Å²) in [5.41, 5.74) is 1.78. The molecule has 2 fully saturated rings. The smallest absolute Gasteiger partial charge is 0.418 e. The van der Waals surface area contributed by atoms with Gasteiger partial charge in [0.05, 0.1) is 23.5 Å². The number of nitriles is 1. The molecule has 0 saturated carbocycles. The van der Waals surface area contributed by atoms with Crippen LogP contribution in [0.4, 0.5) is 28.9 Å². The van der Waals surface area contributed by atoms with Crippen molar-refractivity contribution in [3.63, 3.8) is 0 Å². The highest BCUT2D eigenvalue weighted by Gasteiger charge is 2.39. The minimum Gasteiger partial charge on any atom is -0.475 e. The van der Waals surface area contributed by atoms with Gasteiger partial charge in [-0.25, -0.2) is 9.37 Å². The lowest BCUT2D eigenvalue weighted by molar-refractivity contribution is -0.137. The van der Waals surface area contributed by atoms with Crippen LogP contribution < -0.4 is 14.5 Å². The molecule has 3 aliphatic rings. The zero-order valence-electron chi connectivity index (χ0n) is 24.7. The van der Waals surface area contributed by atoms with Gasteiger partial charge in [-0.2, -0.15) is 18.4 Å². The first kappa shape index (κ1) is 30.6. The number of rotatable bonds is 6. The molecule has 2 aromatic rings. The molecule has 8 nitrogen and oxygen atoms in total. The van der Waals surface area contributed by atoms with E-state index in [1.807, 2.05) is 11.9 Å². The fraction of sp³-hybridized carbons (Fsp3) is 0.516. The van der Waals surface area contributed by atoms with Crippen LogP contribution in [0.1, 0.15) is 47.7 Å². The van der Waals surface area contributed by atoms with Gasteiger partial charge in [-0.05, 0) is 58.3 Å². The highest BCUT2D eigenvalue weighted by Crippen LogP contribution is 2.42. The molecule has 0 spiro atoms. The summed E-state index contributed by atoms with van der Waals surface area (Å²) in [6.07, 6.45) is -2.18. The van der Waals surface area contributed by atoms with Crippen LogP contribution in [0, 0.1) is 18.3 Å². The second-order valence-corrected chi connectivity index (χ2v) is 11.6. The standard InChI is InChI=1S/C31H36F4N6O2/c1-19-7-5-9-26(27(19)31(33,34)35)39-12-10-23-25(17-39)37-29(43-18-22-8-6-11-38(22)4)24(15-36)28(23)40-13-14-41(20(2)16-40)30(42)21(3)32/h5,7,9,20,22H,3,6,8,10-14,16-18H2,1-2,4H3.